The molecule has 1 aliphatic rings. The zero-order chi connectivity index (χ0) is 10.1. The first-order valence-corrected chi connectivity index (χ1v) is 5.44. The maximum Gasteiger partial charge on any atom is 0.242 e. The van der Waals surface area contributed by atoms with E-state index in [1.54, 1.807) is 0 Å². The largest absolute Gasteiger partial charge is 0.383 e. The van der Waals surface area contributed by atoms with Crippen LogP contribution in [-0.4, -0.2) is 32.8 Å². The first kappa shape index (κ1) is 10.5. The van der Waals surface area contributed by atoms with Gasteiger partial charge in [0.15, 0.2) is 0 Å². The molecule has 0 radical (unpaired) electrons. The summed E-state index contributed by atoms with van der Waals surface area (Å²) in [7, 11) is -2.09. The number of rotatable bonds is 4. The highest BCUT2D eigenvalue weighted by Crippen LogP contribution is 2.42. The van der Waals surface area contributed by atoms with E-state index in [9.17, 15) is 13.2 Å². The Morgan fingerprint density at radius 3 is 2.38 bits per heavy atom. The highest BCUT2D eigenvalue weighted by Gasteiger charge is 2.55. The van der Waals surface area contributed by atoms with Crippen LogP contribution in [0.15, 0.2) is 0 Å². The zero-order valence-electron chi connectivity index (χ0n) is 7.66. The Morgan fingerprint density at radius 1 is 1.54 bits per heavy atom. The third kappa shape index (κ3) is 2.00. The van der Waals surface area contributed by atoms with E-state index in [1.165, 1.54) is 14.0 Å². The number of carbonyl (C=O) groups excluding carboxylic acids is 1. The predicted octanol–water partition coefficient (Wildman–Crippen LogP) is -0.369. The van der Waals surface area contributed by atoms with Crippen LogP contribution in [0.3, 0.4) is 0 Å². The van der Waals surface area contributed by atoms with Gasteiger partial charge >= 0.3 is 0 Å². The number of amides is 1. The summed E-state index contributed by atoms with van der Waals surface area (Å²) in [5.41, 5.74) is 0. The molecule has 1 fully saturated rings. The Labute approximate surface area is 77.5 Å². The number of hydrogen-bond acceptors (Lipinski definition) is 4. The number of sulfonamides is 1. The Morgan fingerprint density at radius 2 is 2.08 bits per heavy atom. The molecule has 0 aromatic heterocycles. The average Bonchev–Trinajstić information content (AvgIpc) is 2.66. The lowest BCUT2D eigenvalue weighted by molar-refractivity contribution is -0.117. The minimum atomic E-state index is -3.53. The van der Waals surface area contributed by atoms with Gasteiger partial charge < -0.3 is 4.74 Å². The van der Waals surface area contributed by atoms with Gasteiger partial charge in [0.05, 0.1) is 6.61 Å². The molecule has 1 rings (SSSR count). The molecule has 0 aromatic rings. The maximum absolute atomic E-state index is 11.5. The molecule has 0 aliphatic heterocycles. The van der Waals surface area contributed by atoms with Crippen molar-refractivity contribution < 1.29 is 17.9 Å². The number of carbonyl (C=O) groups is 1. The summed E-state index contributed by atoms with van der Waals surface area (Å²) in [4.78, 5) is 10.6. The molecule has 0 heterocycles. The van der Waals surface area contributed by atoms with Crippen molar-refractivity contribution >= 4 is 15.9 Å². The number of nitrogens with one attached hydrogen (secondary N) is 1. The van der Waals surface area contributed by atoms with E-state index < -0.39 is 20.7 Å². The number of hydrogen-bond donors (Lipinski definition) is 1. The normalized spacial score (nSPS) is 19.5. The topological polar surface area (TPSA) is 72.5 Å². The second-order valence-electron chi connectivity index (χ2n) is 3.28. The summed E-state index contributed by atoms with van der Waals surface area (Å²) >= 11 is 0. The van der Waals surface area contributed by atoms with Gasteiger partial charge in [-0.1, -0.05) is 0 Å². The number of methoxy groups -OCH3 is 1. The summed E-state index contributed by atoms with van der Waals surface area (Å²) in [6.07, 6.45) is 1.12. The monoisotopic (exact) mass is 207 g/mol. The van der Waals surface area contributed by atoms with Gasteiger partial charge in [-0.2, -0.15) is 0 Å². The molecular weight excluding hydrogens is 194 g/mol. The molecule has 13 heavy (non-hydrogen) atoms. The van der Waals surface area contributed by atoms with Crippen molar-refractivity contribution in [2.24, 2.45) is 0 Å². The molecule has 1 saturated carbocycles. The SMILES string of the molecule is COCC1(S(=O)(=O)NC(C)=O)CC1. The van der Waals surface area contributed by atoms with Crippen molar-refractivity contribution in [2.75, 3.05) is 13.7 Å². The maximum atomic E-state index is 11.5. The molecule has 76 valence electrons. The molecule has 1 aliphatic carbocycles. The fourth-order valence-electron chi connectivity index (χ4n) is 1.19. The van der Waals surface area contributed by atoms with Crippen LogP contribution in [0.2, 0.25) is 0 Å². The lowest BCUT2D eigenvalue weighted by Gasteiger charge is -2.14. The van der Waals surface area contributed by atoms with E-state index in [2.05, 4.69) is 0 Å². The van der Waals surface area contributed by atoms with Crippen LogP contribution < -0.4 is 4.72 Å². The summed E-state index contributed by atoms with van der Waals surface area (Å²) in [6, 6.07) is 0. The quantitative estimate of drug-likeness (QED) is 0.682. The standard InChI is InChI=1S/C7H13NO4S/c1-6(9)8-13(10,11)7(3-4-7)5-12-2/h3-5H2,1-2H3,(H,8,9). The van der Waals surface area contributed by atoms with Gasteiger partial charge in [-0.15, -0.1) is 0 Å². The van der Waals surface area contributed by atoms with Gasteiger partial charge in [0.1, 0.15) is 4.75 Å². The third-order valence-electron chi connectivity index (χ3n) is 2.06. The molecular formula is C7H13NO4S. The van der Waals surface area contributed by atoms with Gasteiger partial charge in [0.2, 0.25) is 15.9 Å². The minimum Gasteiger partial charge on any atom is -0.383 e. The van der Waals surface area contributed by atoms with Crippen molar-refractivity contribution in [1.82, 2.24) is 4.72 Å². The van der Waals surface area contributed by atoms with Crippen LogP contribution in [0.5, 0.6) is 0 Å². The Hall–Kier alpha value is -0.620. The van der Waals surface area contributed by atoms with E-state index >= 15 is 0 Å². The predicted molar refractivity (Wildman–Crippen MR) is 46.6 cm³/mol. The van der Waals surface area contributed by atoms with Crippen LogP contribution in [0.25, 0.3) is 0 Å². The first-order valence-electron chi connectivity index (χ1n) is 3.95. The average molecular weight is 207 g/mol. The summed E-state index contributed by atoms with van der Waals surface area (Å²) < 4.78 is 28.9. The van der Waals surface area contributed by atoms with E-state index in [0.717, 1.165) is 0 Å². The van der Waals surface area contributed by atoms with Crippen molar-refractivity contribution in [3.05, 3.63) is 0 Å². The molecule has 1 amide bonds. The van der Waals surface area contributed by atoms with Crippen molar-refractivity contribution in [1.29, 1.82) is 0 Å². The van der Waals surface area contributed by atoms with Crippen LogP contribution in [0.4, 0.5) is 0 Å². The van der Waals surface area contributed by atoms with Crippen molar-refractivity contribution in [2.45, 2.75) is 24.5 Å². The Bertz CT molecular complexity index is 304. The van der Waals surface area contributed by atoms with Crippen LogP contribution in [-0.2, 0) is 19.6 Å². The summed E-state index contributed by atoms with van der Waals surface area (Å²) in [5, 5.41) is 0. The second-order valence-corrected chi connectivity index (χ2v) is 5.35. The highest BCUT2D eigenvalue weighted by atomic mass is 32.2. The fourth-order valence-corrected chi connectivity index (χ4v) is 2.70. The molecule has 1 N–H and O–H groups in total. The third-order valence-corrected chi connectivity index (χ3v) is 4.29. The molecule has 0 aromatic carbocycles. The second kappa shape index (κ2) is 3.26. The summed E-state index contributed by atoms with van der Waals surface area (Å²) in [5.74, 6) is -0.553. The van der Waals surface area contributed by atoms with Crippen molar-refractivity contribution in [3.63, 3.8) is 0 Å². The molecule has 5 nitrogen and oxygen atoms in total. The smallest absolute Gasteiger partial charge is 0.242 e. The van der Waals surface area contributed by atoms with Crippen molar-refractivity contribution in [3.8, 4) is 0 Å². The van der Waals surface area contributed by atoms with Crippen LogP contribution in [0.1, 0.15) is 19.8 Å². The summed E-state index contributed by atoms with van der Waals surface area (Å²) in [6.45, 7) is 1.33. The number of ether oxygens (including phenoxy) is 1. The molecule has 0 atom stereocenters. The molecule has 0 unspecified atom stereocenters. The van der Waals surface area contributed by atoms with E-state index in [4.69, 9.17) is 4.74 Å². The van der Waals surface area contributed by atoms with Crippen LogP contribution >= 0.6 is 0 Å². The highest BCUT2D eigenvalue weighted by molar-refractivity contribution is 7.91. The van der Waals surface area contributed by atoms with Crippen LogP contribution in [0, 0.1) is 0 Å². The molecule has 6 heteroatoms. The van der Waals surface area contributed by atoms with E-state index in [1.807, 2.05) is 4.72 Å². The van der Waals surface area contributed by atoms with Gasteiger partial charge in [-0.25, -0.2) is 8.42 Å². The Kier molecular flexibility index (Phi) is 2.63. The molecule has 0 bridgehead atoms. The molecule has 0 saturated heterocycles. The zero-order valence-corrected chi connectivity index (χ0v) is 8.48. The van der Waals surface area contributed by atoms with Gasteiger partial charge in [0.25, 0.3) is 0 Å². The Balaban J connectivity index is 2.75. The fraction of sp³-hybridized carbons (Fsp3) is 0.857. The van der Waals surface area contributed by atoms with Gasteiger partial charge in [-0.05, 0) is 12.8 Å². The lowest BCUT2D eigenvalue weighted by atomic mass is 10.4. The van der Waals surface area contributed by atoms with E-state index in [0.29, 0.717) is 12.8 Å². The minimum absolute atomic E-state index is 0.148. The van der Waals surface area contributed by atoms with Gasteiger partial charge in [-0.3, -0.25) is 9.52 Å². The van der Waals surface area contributed by atoms with Gasteiger partial charge in [0, 0.05) is 14.0 Å². The lowest BCUT2D eigenvalue weighted by Crippen LogP contribution is -2.41. The first-order chi connectivity index (χ1) is 5.93. The van der Waals surface area contributed by atoms with E-state index in [-0.39, 0.29) is 6.61 Å². The molecule has 0 spiro atoms.